The Morgan fingerprint density at radius 3 is 2.67 bits per heavy atom. The molecule has 7 heteroatoms. The van der Waals surface area contributed by atoms with Gasteiger partial charge in [0.1, 0.15) is 12.1 Å². The lowest BCUT2D eigenvalue weighted by molar-refractivity contribution is -0.136. The highest BCUT2D eigenvalue weighted by Gasteiger charge is 2.26. The summed E-state index contributed by atoms with van der Waals surface area (Å²) in [7, 11) is 0. The lowest BCUT2D eigenvalue weighted by atomic mass is 10.3. The molecular weight excluding hydrogens is 211 g/mol. The number of alkyl halides is 3. The average molecular weight is 221 g/mol. The fraction of sp³-hybridized carbons (Fsp3) is 0.500. The molecule has 0 aliphatic rings. The van der Waals surface area contributed by atoms with E-state index in [9.17, 15) is 13.2 Å². The fourth-order valence-electron chi connectivity index (χ4n) is 0.882. The minimum Gasteiger partial charge on any atom is -0.478 e. The second-order valence-corrected chi connectivity index (χ2v) is 2.85. The van der Waals surface area contributed by atoms with E-state index >= 15 is 0 Å². The molecule has 0 amide bonds. The molecule has 84 valence electrons. The number of halogens is 3. The van der Waals surface area contributed by atoms with Crippen molar-refractivity contribution >= 4 is 5.82 Å². The van der Waals surface area contributed by atoms with Crippen LogP contribution >= 0.6 is 0 Å². The van der Waals surface area contributed by atoms with Crippen molar-refractivity contribution in [1.82, 2.24) is 9.97 Å². The second kappa shape index (κ2) is 4.81. The molecule has 1 rings (SSSR count). The van der Waals surface area contributed by atoms with E-state index in [1.165, 1.54) is 12.4 Å². The highest BCUT2D eigenvalue weighted by molar-refractivity contribution is 5.30. The first-order valence-corrected chi connectivity index (χ1v) is 4.24. The van der Waals surface area contributed by atoms with Crippen molar-refractivity contribution in [3.63, 3.8) is 0 Å². The maximum absolute atomic E-state index is 11.7. The monoisotopic (exact) mass is 221 g/mol. The zero-order chi connectivity index (χ0) is 11.3. The van der Waals surface area contributed by atoms with E-state index in [4.69, 9.17) is 10.5 Å². The Hall–Kier alpha value is -1.53. The van der Waals surface area contributed by atoms with E-state index in [-0.39, 0.29) is 24.7 Å². The van der Waals surface area contributed by atoms with Crippen LogP contribution in [-0.4, -0.2) is 22.8 Å². The van der Waals surface area contributed by atoms with E-state index in [1.807, 2.05) is 0 Å². The number of nitrogens with zero attached hydrogens (tertiary/aromatic N) is 2. The number of hydrogen-bond acceptors (Lipinski definition) is 4. The summed E-state index contributed by atoms with van der Waals surface area (Å²) in [5.41, 5.74) is 5.32. The molecule has 4 nitrogen and oxygen atoms in total. The number of nitrogens with two attached hydrogens (primary N) is 1. The zero-order valence-electron chi connectivity index (χ0n) is 7.79. The van der Waals surface area contributed by atoms with Crippen LogP contribution < -0.4 is 10.5 Å². The first-order chi connectivity index (χ1) is 6.97. The number of nitrogen functional groups attached to an aromatic ring is 1. The predicted octanol–water partition coefficient (Wildman–Crippen LogP) is 1.78. The van der Waals surface area contributed by atoms with Gasteiger partial charge in [-0.3, -0.25) is 0 Å². The van der Waals surface area contributed by atoms with Gasteiger partial charge in [0.2, 0.25) is 5.88 Å². The van der Waals surface area contributed by atoms with Crippen molar-refractivity contribution in [2.24, 2.45) is 0 Å². The maximum Gasteiger partial charge on any atom is 0.389 e. The highest BCUT2D eigenvalue weighted by Crippen LogP contribution is 2.21. The SMILES string of the molecule is Nc1cc(OCCCC(F)(F)F)ncn1. The van der Waals surface area contributed by atoms with Gasteiger partial charge in [-0.15, -0.1) is 0 Å². The molecule has 15 heavy (non-hydrogen) atoms. The van der Waals surface area contributed by atoms with Crippen molar-refractivity contribution in [2.45, 2.75) is 19.0 Å². The van der Waals surface area contributed by atoms with Gasteiger partial charge in [-0.2, -0.15) is 13.2 Å². The van der Waals surface area contributed by atoms with Crippen LogP contribution in [0.3, 0.4) is 0 Å². The van der Waals surface area contributed by atoms with Gasteiger partial charge in [-0.25, -0.2) is 9.97 Å². The Kier molecular flexibility index (Phi) is 3.70. The lowest BCUT2D eigenvalue weighted by Crippen LogP contribution is -2.10. The lowest BCUT2D eigenvalue weighted by Gasteiger charge is -2.07. The summed E-state index contributed by atoms with van der Waals surface area (Å²) in [5, 5.41) is 0. The van der Waals surface area contributed by atoms with Crippen LogP contribution in [0.2, 0.25) is 0 Å². The van der Waals surface area contributed by atoms with E-state index in [2.05, 4.69) is 9.97 Å². The Morgan fingerprint density at radius 1 is 1.33 bits per heavy atom. The molecule has 0 bridgehead atoms. The van der Waals surface area contributed by atoms with Crippen LogP contribution in [0.25, 0.3) is 0 Å². The fourth-order valence-corrected chi connectivity index (χ4v) is 0.882. The van der Waals surface area contributed by atoms with Gasteiger partial charge in [0.15, 0.2) is 0 Å². The molecule has 0 radical (unpaired) electrons. The van der Waals surface area contributed by atoms with Gasteiger partial charge in [-0.05, 0) is 6.42 Å². The third kappa shape index (κ3) is 5.04. The van der Waals surface area contributed by atoms with Crippen molar-refractivity contribution < 1.29 is 17.9 Å². The summed E-state index contributed by atoms with van der Waals surface area (Å²) in [6, 6.07) is 1.35. The molecule has 0 aliphatic carbocycles. The van der Waals surface area contributed by atoms with Crippen molar-refractivity contribution in [3.05, 3.63) is 12.4 Å². The minimum absolute atomic E-state index is 0.0457. The smallest absolute Gasteiger partial charge is 0.389 e. The summed E-state index contributed by atoms with van der Waals surface area (Å²) in [6.45, 7) is -0.0457. The summed E-state index contributed by atoms with van der Waals surface area (Å²) in [4.78, 5) is 7.29. The van der Waals surface area contributed by atoms with Crippen LogP contribution in [0.5, 0.6) is 5.88 Å². The average Bonchev–Trinajstić information content (AvgIpc) is 2.11. The number of hydrogen-bond donors (Lipinski definition) is 1. The van der Waals surface area contributed by atoms with E-state index < -0.39 is 12.6 Å². The van der Waals surface area contributed by atoms with Gasteiger partial charge in [0.05, 0.1) is 6.61 Å². The summed E-state index contributed by atoms with van der Waals surface area (Å²) in [6.07, 6.45) is -3.93. The maximum atomic E-state index is 11.7. The summed E-state index contributed by atoms with van der Waals surface area (Å²) in [5.74, 6) is 0.403. The van der Waals surface area contributed by atoms with Crippen LogP contribution in [0.1, 0.15) is 12.8 Å². The quantitative estimate of drug-likeness (QED) is 0.787. The summed E-state index contributed by atoms with van der Waals surface area (Å²) < 4.78 is 40.2. The van der Waals surface area contributed by atoms with Crippen LogP contribution in [0.15, 0.2) is 12.4 Å². The zero-order valence-corrected chi connectivity index (χ0v) is 7.79. The number of aromatic nitrogens is 2. The second-order valence-electron chi connectivity index (χ2n) is 2.85. The third-order valence-corrected chi connectivity index (χ3v) is 1.52. The molecule has 0 saturated heterocycles. The number of ether oxygens (including phenoxy) is 1. The molecule has 0 atom stereocenters. The Balaban J connectivity index is 2.26. The normalized spacial score (nSPS) is 11.4. The molecule has 0 aliphatic heterocycles. The van der Waals surface area contributed by atoms with E-state index in [0.717, 1.165) is 0 Å². The largest absolute Gasteiger partial charge is 0.478 e. The Morgan fingerprint density at radius 2 is 2.07 bits per heavy atom. The molecule has 1 aromatic heterocycles. The van der Waals surface area contributed by atoms with Gasteiger partial charge in [0.25, 0.3) is 0 Å². The molecule has 2 N–H and O–H groups in total. The van der Waals surface area contributed by atoms with Crippen LogP contribution in [0, 0.1) is 0 Å². The number of anilines is 1. The standard InChI is InChI=1S/C8H10F3N3O/c9-8(10,11)2-1-3-15-7-4-6(12)13-5-14-7/h4-5H,1-3H2,(H2,12,13,14). The first-order valence-electron chi connectivity index (χ1n) is 4.24. The molecule has 0 unspecified atom stereocenters. The van der Waals surface area contributed by atoms with Crippen molar-refractivity contribution in [1.29, 1.82) is 0 Å². The first kappa shape index (κ1) is 11.5. The van der Waals surface area contributed by atoms with E-state index in [1.54, 1.807) is 0 Å². The topological polar surface area (TPSA) is 61.0 Å². The molecule has 0 saturated carbocycles. The molecule has 0 spiro atoms. The van der Waals surface area contributed by atoms with E-state index in [0.29, 0.717) is 0 Å². The third-order valence-electron chi connectivity index (χ3n) is 1.52. The van der Waals surface area contributed by atoms with Gasteiger partial charge in [-0.1, -0.05) is 0 Å². The Labute approximate surface area is 84.3 Å². The molecule has 1 aromatic rings. The van der Waals surface area contributed by atoms with Crippen LogP contribution in [-0.2, 0) is 0 Å². The minimum atomic E-state index is -4.14. The van der Waals surface area contributed by atoms with Crippen molar-refractivity contribution in [3.8, 4) is 5.88 Å². The van der Waals surface area contributed by atoms with Gasteiger partial charge < -0.3 is 10.5 Å². The molecule has 0 aromatic carbocycles. The Bertz CT molecular complexity index is 316. The van der Waals surface area contributed by atoms with Gasteiger partial charge >= 0.3 is 6.18 Å². The van der Waals surface area contributed by atoms with Crippen LogP contribution in [0.4, 0.5) is 19.0 Å². The predicted molar refractivity (Wildman–Crippen MR) is 47.2 cm³/mol. The molecule has 0 fully saturated rings. The molecular formula is C8H10F3N3O. The number of rotatable bonds is 4. The van der Waals surface area contributed by atoms with Gasteiger partial charge in [0, 0.05) is 12.5 Å². The van der Waals surface area contributed by atoms with Crippen molar-refractivity contribution in [2.75, 3.05) is 12.3 Å². The highest BCUT2D eigenvalue weighted by atomic mass is 19.4. The molecule has 1 heterocycles. The summed E-state index contributed by atoms with van der Waals surface area (Å²) >= 11 is 0.